The lowest BCUT2D eigenvalue weighted by Gasteiger charge is -2.26. The smallest absolute Gasteiger partial charge is 0.173 e. The number of benzene rings is 2. The fourth-order valence-corrected chi connectivity index (χ4v) is 4.33. The van der Waals surface area contributed by atoms with Crippen LogP contribution in [0.1, 0.15) is 28.1 Å². The minimum Gasteiger partial charge on any atom is -0.497 e. The van der Waals surface area contributed by atoms with E-state index in [2.05, 4.69) is 71.3 Å². The summed E-state index contributed by atoms with van der Waals surface area (Å²) >= 11 is 5.88. The first-order valence-electron chi connectivity index (χ1n) is 11.1. The number of aryl methyl sites for hydroxylation is 3. The van der Waals surface area contributed by atoms with Gasteiger partial charge >= 0.3 is 0 Å². The van der Waals surface area contributed by atoms with Crippen LogP contribution in [0.3, 0.4) is 0 Å². The normalized spacial score (nSPS) is 10.9. The van der Waals surface area contributed by atoms with Crippen molar-refractivity contribution in [3.8, 4) is 5.75 Å². The van der Waals surface area contributed by atoms with E-state index < -0.39 is 0 Å². The van der Waals surface area contributed by atoms with Crippen LogP contribution in [0.2, 0.25) is 0 Å². The molecule has 2 N–H and O–H groups in total. The highest BCUT2D eigenvalue weighted by molar-refractivity contribution is 7.80. The van der Waals surface area contributed by atoms with Crippen molar-refractivity contribution >= 4 is 33.9 Å². The van der Waals surface area contributed by atoms with Crippen LogP contribution in [0.5, 0.6) is 5.75 Å². The lowest BCUT2D eigenvalue weighted by Crippen LogP contribution is -2.36. The molecule has 170 valence electrons. The van der Waals surface area contributed by atoms with Crippen LogP contribution in [0, 0.1) is 20.8 Å². The molecule has 0 atom stereocenters. The Morgan fingerprint density at radius 2 is 1.94 bits per heavy atom. The number of rotatable bonds is 7. The van der Waals surface area contributed by atoms with Crippen LogP contribution in [-0.4, -0.2) is 33.6 Å². The van der Waals surface area contributed by atoms with Gasteiger partial charge in [0, 0.05) is 35.0 Å². The topological polar surface area (TPSA) is 53.2 Å². The Morgan fingerprint density at radius 1 is 1.09 bits per heavy atom. The van der Waals surface area contributed by atoms with E-state index in [1.807, 2.05) is 30.5 Å². The molecular formula is C27H30N4OS. The lowest BCUT2D eigenvalue weighted by atomic mass is 10.1. The molecule has 2 aromatic carbocycles. The molecule has 0 saturated carbocycles. The summed E-state index contributed by atoms with van der Waals surface area (Å²) in [4.78, 5) is 10.2. The maximum absolute atomic E-state index is 5.88. The van der Waals surface area contributed by atoms with Crippen LogP contribution in [0.4, 0.5) is 5.69 Å². The van der Waals surface area contributed by atoms with E-state index in [-0.39, 0.29) is 0 Å². The molecule has 0 unspecified atom stereocenters. The van der Waals surface area contributed by atoms with Crippen LogP contribution < -0.4 is 10.1 Å². The molecule has 0 aliphatic carbocycles. The molecule has 6 heteroatoms. The van der Waals surface area contributed by atoms with Gasteiger partial charge in [0.1, 0.15) is 5.75 Å². The van der Waals surface area contributed by atoms with E-state index in [9.17, 15) is 0 Å². The maximum Gasteiger partial charge on any atom is 0.173 e. The average molecular weight is 459 g/mol. The Labute approximate surface area is 200 Å². The third-order valence-electron chi connectivity index (χ3n) is 5.96. The highest BCUT2D eigenvalue weighted by Crippen LogP contribution is 2.27. The number of pyridine rings is 1. The summed E-state index contributed by atoms with van der Waals surface area (Å²) in [5, 5.41) is 5.36. The van der Waals surface area contributed by atoms with Gasteiger partial charge in [0.15, 0.2) is 5.11 Å². The second-order valence-corrected chi connectivity index (χ2v) is 8.77. The summed E-state index contributed by atoms with van der Waals surface area (Å²) in [6.07, 6.45) is 2.67. The quantitative estimate of drug-likeness (QED) is 0.336. The van der Waals surface area contributed by atoms with Crippen LogP contribution in [0.25, 0.3) is 10.9 Å². The second-order valence-electron chi connectivity index (χ2n) is 8.38. The zero-order chi connectivity index (χ0) is 23.4. The Morgan fingerprint density at radius 3 is 2.70 bits per heavy atom. The number of fused-ring (bicyclic) bond motifs is 1. The lowest BCUT2D eigenvalue weighted by molar-refractivity contribution is 0.415. The zero-order valence-corrected chi connectivity index (χ0v) is 20.4. The molecule has 0 saturated heterocycles. The molecule has 4 aromatic rings. The molecule has 33 heavy (non-hydrogen) atoms. The number of H-pyrrole nitrogens is 1. The van der Waals surface area contributed by atoms with Crippen LogP contribution in [-0.2, 0) is 13.0 Å². The highest BCUT2D eigenvalue weighted by Gasteiger charge is 2.16. The first kappa shape index (κ1) is 22.8. The first-order chi connectivity index (χ1) is 15.9. The zero-order valence-electron chi connectivity index (χ0n) is 19.6. The van der Waals surface area contributed by atoms with Gasteiger partial charge in [-0.15, -0.1) is 0 Å². The number of hydrogen-bond acceptors (Lipinski definition) is 3. The van der Waals surface area contributed by atoms with Crippen molar-refractivity contribution < 1.29 is 4.74 Å². The molecule has 0 amide bonds. The van der Waals surface area contributed by atoms with E-state index in [4.69, 9.17) is 17.0 Å². The third-order valence-corrected chi connectivity index (χ3v) is 6.32. The summed E-state index contributed by atoms with van der Waals surface area (Å²) in [6, 6.07) is 18.5. The summed E-state index contributed by atoms with van der Waals surface area (Å²) < 4.78 is 5.45. The summed E-state index contributed by atoms with van der Waals surface area (Å²) in [7, 11) is 1.70. The Bertz CT molecular complexity index is 1270. The minimum atomic E-state index is 0.641. The number of nitrogens with zero attached hydrogens (tertiary/aromatic N) is 2. The predicted molar refractivity (Wildman–Crippen MR) is 140 cm³/mol. The number of thiocarbonyl (C=S) groups is 1. The number of aromatic amines is 1. The molecule has 2 aromatic heterocycles. The average Bonchev–Trinajstić information content (AvgIpc) is 3.13. The molecule has 5 nitrogen and oxygen atoms in total. The van der Waals surface area contributed by atoms with Gasteiger partial charge in [0.2, 0.25) is 0 Å². The number of methoxy groups -OCH3 is 1. The molecule has 0 aliphatic rings. The SMILES string of the molecule is COc1ccc2[nH]c(C)c(CCN(Cc3ccccn3)C(=S)Nc3cc(C)ccc3C)c2c1. The van der Waals surface area contributed by atoms with Crippen LogP contribution in [0.15, 0.2) is 60.8 Å². The molecular weight excluding hydrogens is 428 g/mol. The van der Waals surface area contributed by atoms with E-state index in [0.29, 0.717) is 11.7 Å². The monoisotopic (exact) mass is 458 g/mol. The molecule has 0 radical (unpaired) electrons. The van der Waals surface area contributed by atoms with Crippen molar-refractivity contribution in [3.05, 3.63) is 88.9 Å². The van der Waals surface area contributed by atoms with Crippen LogP contribution >= 0.6 is 12.2 Å². The van der Waals surface area contributed by atoms with Crippen molar-refractivity contribution in [1.29, 1.82) is 0 Å². The Kier molecular flexibility index (Phi) is 6.94. The van der Waals surface area contributed by atoms with Gasteiger partial charge in [-0.2, -0.15) is 0 Å². The number of ether oxygens (including phenoxy) is 1. The van der Waals surface area contributed by atoms with Gasteiger partial charge in [0.05, 0.1) is 19.3 Å². The van der Waals surface area contributed by atoms with E-state index in [1.165, 1.54) is 27.8 Å². The summed E-state index contributed by atoms with van der Waals surface area (Å²) in [6.45, 7) is 7.71. The number of nitrogens with one attached hydrogen (secondary N) is 2. The van der Waals surface area contributed by atoms with Gasteiger partial charge in [-0.25, -0.2) is 0 Å². The number of anilines is 1. The van der Waals surface area contributed by atoms with E-state index in [0.717, 1.165) is 35.6 Å². The standard InChI is InChI=1S/C27H30N4OS/c1-18-8-9-19(2)26(15-18)30-27(33)31(17-21-7-5-6-13-28-21)14-12-23-20(3)29-25-11-10-22(32-4)16-24(23)25/h5-11,13,15-16,29H,12,14,17H2,1-4H3,(H,30,33). The fraction of sp³-hybridized carbons (Fsp3) is 0.259. The number of hydrogen-bond donors (Lipinski definition) is 2. The van der Waals surface area contributed by atoms with Gasteiger partial charge < -0.3 is 19.9 Å². The van der Waals surface area contributed by atoms with Crippen molar-refractivity contribution in [1.82, 2.24) is 14.9 Å². The van der Waals surface area contributed by atoms with Gasteiger partial charge in [-0.05, 0) is 92.5 Å². The van der Waals surface area contributed by atoms with E-state index >= 15 is 0 Å². The van der Waals surface area contributed by atoms with E-state index in [1.54, 1.807) is 7.11 Å². The fourth-order valence-electron chi connectivity index (χ4n) is 4.06. The molecule has 2 heterocycles. The first-order valence-corrected chi connectivity index (χ1v) is 11.5. The second kappa shape index (κ2) is 10.0. The largest absolute Gasteiger partial charge is 0.497 e. The molecule has 0 aliphatic heterocycles. The molecule has 4 rings (SSSR count). The van der Waals surface area contributed by atoms with Crippen molar-refractivity contribution in [2.45, 2.75) is 33.7 Å². The van der Waals surface area contributed by atoms with Gasteiger partial charge in [0.25, 0.3) is 0 Å². The summed E-state index contributed by atoms with van der Waals surface area (Å²) in [5.41, 5.74) is 7.97. The summed E-state index contributed by atoms with van der Waals surface area (Å²) in [5.74, 6) is 0.861. The van der Waals surface area contributed by atoms with Crippen molar-refractivity contribution in [2.24, 2.45) is 0 Å². The molecule has 0 bridgehead atoms. The minimum absolute atomic E-state index is 0.641. The Balaban J connectivity index is 1.59. The van der Waals surface area contributed by atoms with Crippen molar-refractivity contribution in [2.75, 3.05) is 19.0 Å². The van der Waals surface area contributed by atoms with Crippen molar-refractivity contribution in [3.63, 3.8) is 0 Å². The maximum atomic E-state index is 5.88. The van der Waals surface area contributed by atoms with Gasteiger partial charge in [-0.1, -0.05) is 18.2 Å². The predicted octanol–water partition coefficient (Wildman–Crippen LogP) is 5.94. The highest BCUT2D eigenvalue weighted by atomic mass is 32.1. The molecule has 0 spiro atoms. The Hall–Kier alpha value is -3.38. The number of aromatic nitrogens is 2. The third kappa shape index (κ3) is 5.34. The molecule has 0 fully saturated rings. The van der Waals surface area contributed by atoms with Gasteiger partial charge in [-0.3, -0.25) is 4.98 Å².